The maximum absolute atomic E-state index is 13.5. The van der Waals surface area contributed by atoms with Crippen LogP contribution in [-0.4, -0.2) is 40.7 Å². The Morgan fingerprint density at radius 1 is 1.19 bits per heavy atom. The molecule has 1 atom stereocenters. The van der Waals surface area contributed by atoms with Crippen LogP contribution in [0.2, 0.25) is 0 Å². The highest BCUT2D eigenvalue weighted by molar-refractivity contribution is 6.43. The number of aryl methyl sites for hydroxylation is 1. The molecule has 162 valence electrons. The summed E-state index contributed by atoms with van der Waals surface area (Å²) in [6, 6.07) is 3.67. The van der Waals surface area contributed by atoms with Gasteiger partial charge in [0.1, 0.15) is 5.82 Å². The standard InChI is InChI=1S/C21H23FN6O3/c1-10-8-14(6-7-15(10)22)26-20(30)16-11(2)17(28(5)13(16)4)18(29)21(31)25-12(3)19-23-9-24-27-19/h6-8,12H,9H2,1-5H3,(H,25,31)(H,26,30). The van der Waals surface area contributed by atoms with Gasteiger partial charge in [0.05, 0.1) is 17.3 Å². The van der Waals surface area contributed by atoms with Gasteiger partial charge in [0.25, 0.3) is 17.6 Å². The van der Waals surface area contributed by atoms with Crippen LogP contribution in [0.25, 0.3) is 0 Å². The van der Waals surface area contributed by atoms with E-state index in [9.17, 15) is 18.8 Å². The maximum atomic E-state index is 13.5. The predicted molar refractivity (Wildman–Crippen MR) is 113 cm³/mol. The van der Waals surface area contributed by atoms with Crippen LogP contribution < -0.4 is 10.6 Å². The minimum Gasteiger partial charge on any atom is -0.344 e. The van der Waals surface area contributed by atoms with E-state index in [1.807, 2.05) is 0 Å². The van der Waals surface area contributed by atoms with Crippen LogP contribution in [0.5, 0.6) is 0 Å². The molecule has 1 aromatic heterocycles. The number of benzene rings is 1. The van der Waals surface area contributed by atoms with Crippen molar-refractivity contribution in [3.05, 3.63) is 52.1 Å². The molecule has 0 spiro atoms. The normalized spacial score (nSPS) is 13.7. The van der Waals surface area contributed by atoms with E-state index >= 15 is 0 Å². The lowest BCUT2D eigenvalue weighted by molar-refractivity contribution is -0.117. The molecule has 2 amide bonds. The lowest BCUT2D eigenvalue weighted by atomic mass is 10.1. The fourth-order valence-electron chi connectivity index (χ4n) is 3.45. The molecular formula is C21H23FN6O3. The SMILES string of the molecule is Cc1cc(NC(=O)c2c(C)c(C(=O)C(=O)NC(C)C3=NCN=N3)n(C)c2C)ccc1F. The summed E-state index contributed by atoms with van der Waals surface area (Å²) >= 11 is 0. The molecule has 1 aliphatic heterocycles. The van der Waals surface area contributed by atoms with Crippen molar-refractivity contribution in [2.75, 3.05) is 12.0 Å². The Bertz CT molecular complexity index is 1150. The van der Waals surface area contributed by atoms with Gasteiger partial charge in [0, 0.05) is 18.4 Å². The van der Waals surface area contributed by atoms with Crippen LogP contribution in [0.1, 0.15) is 44.6 Å². The molecule has 10 heteroatoms. The molecule has 3 rings (SSSR count). The number of aliphatic imine (C=N–C) groups is 1. The summed E-state index contributed by atoms with van der Waals surface area (Å²) in [6.45, 7) is 6.74. The number of ketones is 1. The monoisotopic (exact) mass is 426 g/mol. The van der Waals surface area contributed by atoms with Crippen LogP contribution in [0, 0.1) is 26.6 Å². The quantitative estimate of drug-likeness (QED) is 0.546. The topological polar surface area (TPSA) is 117 Å². The number of nitrogens with one attached hydrogen (secondary N) is 2. The minimum absolute atomic E-state index is 0.109. The molecule has 31 heavy (non-hydrogen) atoms. The molecule has 2 aromatic rings. The molecule has 0 radical (unpaired) electrons. The molecule has 1 aliphatic rings. The largest absolute Gasteiger partial charge is 0.344 e. The number of aromatic nitrogens is 1. The number of hydrogen-bond donors (Lipinski definition) is 2. The van der Waals surface area contributed by atoms with E-state index in [-0.39, 0.29) is 23.7 Å². The lowest BCUT2D eigenvalue weighted by Gasteiger charge is -2.11. The number of anilines is 1. The van der Waals surface area contributed by atoms with Gasteiger partial charge in [-0.3, -0.25) is 14.4 Å². The zero-order valence-corrected chi connectivity index (χ0v) is 17.9. The van der Waals surface area contributed by atoms with E-state index in [2.05, 4.69) is 25.9 Å². The highest BCUT2D eigenvalue weighted by atomic mass is 19.1. The Morgan fingerprint density at radius 2 is 1.90 bits per heavy atom. The number of hydrogen-bond acceptors (Lipinski definition) is 6. The molecule has 0 fully saturated rings. The van der Waals surface area contributed by atoms with Gasteiger partial charge in [-0.15, -0.1) is 5.11 Å². The summed E-state index contributed by atoms with van der Waals surface area (Å²) in [4.78, 5) is 42.3. The Balaban J connectivity index is 1.84. The molecule has 0 aliphatic carbocycles. The van der Waals surface area contributed by atoms with E-state index in [1.165, 1.54) is 22.8 Å². The van der Waals surface area contributed by atoms with Gasteiger partial charge in [-0.05, 0) is 57.0 Å². The average Bonchev–Trinajstić information content (AvgIpc) is 3.32. The number of Topliss-reactive ketones (excluding diaryl/α,β-unsaturated/α-hetero) is 1. The lowest BCUT2D eigenvalue weighted by Crippen LogP contribution is -2.42. The molecule has 1 aromatic carbocycles. The third-order valence-electron chi connectivity index (χ3n) is 5.20. The van der Waals surface area contributed by atoms with E-state index < -0.39 is 23.6 Å². The second-order valence-corrected chi connectivity index (χ2v) is 7.33. The van der Waals surface area contributed by atoms with Crippen LogP contribution in [0.4, 0.5) is 10.1 Å². The molecule has 0 bridgehead atoms. The Morgan fingerprint density at radius 3 is 2.52 bits per heavy atom. The molecule has 9 nitrogen and oxygen atoms in total. The van der Waals surface area contributed by atoms with Crippen molar-refractivity contribution in [3.8, 4) is 0 Å². The third kappa shape index (κ3) is 4.27. The van der Waals surface area contributed by atoms with Gasteiger partial charge >= 0.3 is 0 Å². The van der Waals surface area contributed by atoms with Crippen molar-refractivity contribution in [1.82, 2.24) is 9.88 Å². The average molecular weight is 426 g/mol. The Hall–Kier alpha value is -3.69. The highest BCUT2D eigenvalue weighted by Crippen LogP contribution is 2.24. The summed E-state index contributed by atoms with van der Waals surface area (Å²) in [5.41, 5.74) is 2.11. The second kappa shape index (κ2) is 8.58. The molecule has 2 heterocycles. The molecular weight excluding hydrogens is 403 g/mol. The fourth-order valence-corrected chi connectivity index (χ4v) is 3.45. The minimum atomic E-state index is -0.831. The van der Waals surface area contributed by atoms with Crippen LogP contribution in [0.15, 0.2) is 33.4 Å². The summed E-state index contributed by atoms with van der Waals surface area (Å²) in [5, 5.41) is 12.8. The van der Waals surface area contributed by atoms with Crippen molar-refractivity contribution in [2.24, 2.45) is 22.3 Å². The first-order chi connectivity index (χ1) is 14.6. The summed E-state index contributed by atoms with van der Waals surface area (Å²) in [7, 11) is 1.61. The summed E-state index contributed by atoms with van der Waals surface area (Å²) < 4.78 is 15.0. The molecule has 0 saturated heterocycles. The van der Waals surface area contributed by atoms with E-state index in [0.717, 1.165) is 0 Å². The number of nitrogens with zero attached hydrogens (tertiary/aromatic N) is 4. The van der Waals surface area contributed by atoms with E-state index in [0.29, 0.717) is 28.3 Å². The van der Waals surface area contributed by atoms with E-state index in [1.54, 1.807) is 34.7 Å². The van der Waals surface area contributed by atoms with Crippen molar-refractivity contribution in [2.45, 2.75) is 33.7 Å². The van der Waals surface area contributed by atoms with Crippen LogP contribution >= 0.6 is 0 Å². The highest BCUT2D eigenvalue weighted by Gasteiger charge is 2.30. The first kappa shape index (κ1) is 22.0. The van der Waals surface area contributed by atoms with Crippen molar-refractivity contribution in [3.63, 3.8) is 0 Å². The van der Waals surface area contributed by atoms with Crippen molar-refractivity contribution in [1.29, 1.82) is 0 Å². The molecule has 1 unspecified atom stereocenters. The number of amides is 2. The number of amidine groups is 1. The Labute approximate surface area is 178 Å². The molecule has 0 saturated carbocycles. The molecule has 2 N–H and O–H groups in total. The van der Waals surface area contributed by atoms with Crippen molar-refractivity contribution < 1.29 is 18.8 Å². The zero-order valence-electron chi connectivity index (χ0n) is 17.9. The summed E-state index contributed by atoms with van der Waals surface area (Å²) in [6.07, 6.45) is 0. The number of azo groups is 1. The number of halogens is 1. The van der Waals surface area contributed by atoms with Gasteiger partial charge in [-0.2, -0.15) is 5.11 Å². The van der Waals surface area contributed by atoms with Gasteiger partial charge in [-0.1, -0.05) is 0 Å². The third-order valence-corrected chi connectivity index (χ3v) is 5.20. The first-order valence-electron chi connectivity index (χ1n) is 9.62. The van der Waals surface area contributed by atoms with Crippen LogP contribution in [-0.2, 0) is 11.8 Å². The smallest absolute Gasteiger partial charge is 0.294 e. The second-order valence-electron chi connectivity index (χ2n) is 7.33. The van der Waals surface area contributed by atoms with Gasteiger partial charge in [0.15, 0.2) is 12.5 Å². The van der Waals surface area contributed by atoms with Crippen molar-refractivity contribution >= 4 is 29.1 Å². The number of carbonyl (C=O) groups excluding carboxylic acids is 3. The fraction of sp³-hybridized carbons (Fsp3) is 0.333. The zero-order chi connectivity index (χ0) is 22.9. The van der Waals surface area contributed by atoms with E-state index in [4.69, 9.17) is 0 Å². The Kier molecular flexibility index (Phi) is 6.09. The number of rotatable bonds is 6. The number of carbonyl (C=O) groups is 3. The van der Waals surface area contributed by atoms with Gasteiger partial charge < -0.3 is 15.2 Å². The van der Waals surface area contributed by atoms with Gasteiger partial charge in [-0.25, -0.2) is 9.38 Å². The van der Waals surface area contributed by atoms with Gasteiger partial charge in [0.2, 0.25) is 0 Å². The van der Waals surface area contributed by atoms with Crippen LogP contribution in [0.3, 0.4) is 0 Å². The predicted octanol–water partition coefficient (Wildman–Crippen LogP) is 2.85. The first-order valence-corrected chi connectivity index (χ1v) is 9.62. The maximum Gasteiger partial charge on any atom is 0.294 e. The summed E-state index contributed by atoms with van der Waals surface area (Å²) in [5.74, 6) is -2.09.